The van der Waals surface area contributed by atoms with E-state index in [2.05, 4.69) is 10.3 Å². The van der Waals surface area contributed by atoms with Crippen molar-refractivity contribution in [3.8, 4) is 5.69 Å². The maximum atomic E-state index is 12.2. The van der Waals surface area contributed by atoms with Crippen molar-refractivity contribution < 1.29 is 4.79 Å². The van der Waals surface area contributed by atoms with Gasteiger partial charge in [0.2, 0.25) is 0 Å². The molecule has 0 spiro atoms. The molecule has 0 fully saturated rings. The van der Waals surface area contributed by atoms with Gasteiger partial charge in [-0.15, -0.1) is 0 Å². The highest BCUT2D eigenvalue weighted by Gasteiger charge is 2.06. The predicted molar refractivity (Wildman–Crippen MR) is 81.2 cm³/mol. The molecule has 3 aromatic rings. The molecule has 104 valence electrons. The Morgan fingerprint density at radius 1 is 1.10 bits per heavy atom. The van der Waals surface area contributed by atoms with E-state index in [9.17, 15) is 4.79 Å². The molecule has 1 amide bonds. The van der Waals surface area contributed by atoms with Gasteiger partial charge in [0.25, 0.3) is 5.91 Å². The SMILES string of the molecule is O=C(NCc1cccnc1)c1cccc(-n2cccc2)c1. The Hall–Kier alpha value is -2.88. The molecule has 4 heteroatoms. The first-order valence-electron chi connectivity index (χ1n) is 6.73. The number of nitrogens with one attached hydrogen (secondary N) is 1. The number of benzene rings is 1. The minimum Gasteiger partial charge on any atom is -0.348 e. The molecule has 21 heavy (non-hydrogen) atoms. The molecular formula is C17H15N3O. The standard InChI is InChI=1S/C17H15N3O/c21-17(19-13-14-5-4-8-18-12-14)15-6-3-7-16(11-15)20-9-1-2-10-20/h1-12H,13H2,(H,19,21). The molecule has 0 atom stereocenters. The van der Waals surface area contributed by atoms with Crippen molar-refractivity contribution in [3.05, 3.63) is 84.4 Å². The van der Waals surface area contributed by atoms with Gasteiger partial charge in [0, 0.05) is 42.6 Å². The van der Waals surface area contributed by atoms with Crippen LogP contribution in [-0.4, -0.2) is 15.5 Å². The summed E-state index contributed by atoms with van der Waals surface area (Å²) in [7, 11) is 0. The summed E-state index contributed by atoms with van der Waals surface area (Å²) >= 11 is 0. The Morgan fingerprint density at radius 3 is 2.71 bits per heavy atom. The van der Waals surface area contributed by atoms with Crippen molar-refractivity contribution in [3.63, 3.8) is 0 Å². The topological polar surface area (TPSA) is 46.9 Å². The van der Waals surface area contributed by atoms with Crippen LogP contribution in [0.15, 0.2) is 73.3 Å². The van der Waals surface area contributed by atoms with Crippen molar-refractivity contribution in [1.29, 1.82) is 0 Å². The van der Waals surface area contributed by atoms with Crippen LogP contribution in [-0.2, 0) is 6.54 Å². The van der Waals surface area contributed by atoms with Crippen LogP contribution in [0.3, 0.4) is 0 Å². The molecule has 4 nitrogen and oxygen atoms in total. The predicted octanol–water partition coefficient (Wildman–Crippen LogP) is 2.80. The normalized spacial score (nSPS) is 10.3. The Bertz CT molecular complexity index is 721. The lowest BCUT2D eigenvalue weighted by Crippen LogP contribution is -2.22. The second-order valence-electron chi connectivity index (χ2n) is 4.68. The molecule has 0 bridgehead atoms. The summed E-state index contributed by atoms with van der Waals surface area (Å²) in [5, 5.41) is 2.90. The molecule has 2 aromatic heterocycles. The molecule has 0 aliphatic rings. The number of aromatic nitrogens is 2. The van der Waals surface area contributed by atoms with E-state index in [1.807, 2.05) is 65.5 Å². The van der Waals surface area contributed by atoms with Gasteiger partial charge in [0.05, 0.1) is 0 Å². The molecule has 3 rings (SSSR count). The molecule has 0 saturated heterocycles. The van der Waals surface area contributed by atoms with Crippen molar-refractivity contribution in [2.45, 2.75) is 6.54 Å². The van der Waals surface area contributed by atoms with E-state index in [1.165, 1.54) is 0 Å². The summed E-state index contributed by atoms with van der Waals surface area (Å²) in [5.41, 5.74) is 2.59. The van der Waals surface area contributed by atoms with Crippen LogP contribution in [0.4, 0.5) is 0 Å². The van der Waals surface area contributed by atoms with Gasteiger partial charge < -0.3 is 9.88 Å². The number of nitrogens with zero attached hydrogens (tertiary/aromatic N) is 2. The maximum absolute atomic E-state index is 12.2. The molecule has 0 saturated carbocycles. The molecule has 0 radical (unpaired) electrons. The van der Waals surface area contributed by atoms with Gasteiger partial charge in [-0.05, 0) is 42.0 Å². The van der Waals surface area contributed by atoms with E-state index in [0.717, 1.165) is 11.3 Å². The number of hydrogen-bond donors (Lipinski definition) is 1. The minimum atomic E-state index is -0.0899. The van der Waals surface area contributed by atoms with Crippen molar-refractivity contribution >= 4 is 5.91 Å². The molecule has 0 aliphatic carbocycles. The van der Waals surface area contributed by atoms with Crippen LogP contribution < -0.4 is 5.32 Å². The van der Waals surface area contributed by atoms with Crippen LogP contribution in [0.1, 0.15) is 15.9 Å². The molecule has 0 unspecified atom stereocenters. The Labute approximate surface area is 123 Å². The number of carbonyl (C=O) groups excluding carboxylic acids is 1. The lowest BCUT2D eigenvalue weighted by molar-refractivity contribution is 0.0951. The van der Waals surface area contributed by atoms with E-state index >= 15 is 0 Å². The summed E-state index contributed by atoms with van der Waals surface area (Å²) in [6.45, 7) is 0.473. The molecular weight excluding hydrogens is 262 g/mol. The smallest absolute Gasteiger partial charge is 0.251 e. The second kappa shape index (κ2) is 6.05. The van der Waals surface area contributed by atoms with Crippen LogP contribution in [0.5, 0.6) is 0 Å². The number of amides is 1. The fraction of sp³-hybridized carbons (Fsp3) is 0.0588. The van der Waals surface area contributed by atoms with Gasteiger partial charge in [-0.25, -0.2) is 0 Å². The molecule has 2 heterocycles. The van der Waals surface area contributed by atoms with Crippen LogP contribution in [0, 0.1) is 0 Å². The maximum Gasteiger partial charge on any atom is 0.251 e. The highest BCUT2D eigenvalue weighted by Crippen LogP contribution is 2.11. The minimum absolute atomic E-state index is 0.0899. The lowest BCUT2D eigenvalue weighted by atomic mass is 10.2. The number of rotatable bonds is 4. The zero-order valence-electron chi connectivity index (χ0n) is 11.4. The van der Waals surface area contributed by atoms with Crippen molar-refractivity contribution in [2.24, 2.45) is 0 Å². The average molecular weight is 277 g/mol. The largest absolute Gasteiger partial charge is 0.348 e. The summed E-state index contributed by atoms with van der Waals surface area (Å²) in [5.74, 6) is -0.0899. The van der Waals surface area contributed by atoms with Gasteiger partial charge >= 0.3 is 0 Å². The Morgan fingerprint density at radius 2 is 1.95 bits per heavy atom. The highest BCUT2D eigenvalue weighted by molar-refractivity contribution is 5.94. The number of hydrogen-bond acceptors (Lipinski definition) is 2. The van der Waals surface area contributed by atoms with E-state index in [4.69, 9.17) is 0 Å². The third-order valence-electron chi connectivity index (χ3n) is 3.19. The fourth-order valence-corrected chi connectivity index (χ4v) is 2.10. The monoisotopic (exact) mass is 277 g/mol. The van der Waals surface area contributed by atoms with Gasteiger partial charge in [0.15, 0.2) is 0 Å². The van der Waals surface area contributed by atoms with E-state index in [0.29, 0.717) is 12.1 Å². The zero-order valence-corrected chi connectivity index (χ0v) is 11.4. The van der Waals surface area contributed by atoms with Crippen LogP contribution >= 0.6 is 0 Å². The first-order chi connectivity index (χ1) is 10.3. The third-order valence-corrected chi connectivity index (χ3v) is 3.19. The average Bonchev–Trinajstić information content (AvgIpc) is 3.08. The van der Waals surface area contributed by atoms with E-state index in [1.54, 1.807) is 12.4 Å². The van der Waals surface area contributed by atoms with Gasteiger partial charge in [0.1, 0.15) is 0 Å². The number of pyridine rings is 1. The highest BCUT2D eigenvalue weighted by atomic mass is 16.1. The summed E-state index contributed by atoms with van der Waals surface area (Å²) < 4.78 is 1.97. The van der Waals surface area contributed by atoms with E-state index in [-0.39, 0.29) is 5.91 Å². The Balaban J connectivity index is 1.72. The molecule has 0 aliphatic heterocycles. The van der Waals surface area contributed by atoms with Crippen LogP contribution in [0.2, 0.25) is 0 Å². The van der Waals surface area contributed by atoms with E-state index < -0.39 is 0 Å². The number of carbonyl (C=O) groups is 1. The van der Waals surface area contributed by atoms with Gasteiger partial charge in [-0.2, -0.15) is 0 Å². The molecule has 1 aromatic carbocycles. The third kappa shape index (κ3) is 3.17. The van der Waals surface area contributed by atoms with Gasteiger partial charge in [-0.1, -0.05) is 12.1 Å². The van der Waals surface area contributed by atoms with Crippen molar-refractivity contribution in [1.82, 2.24) is 14.9 Å². The van der Waals surface area contributed by atoms with Crippen molar-refractivity contribution in [2.75, 3.05) is 0 Å². The summed E-state index contributed by atoms with van der Waals surface area (Å²) in [4.78, 5) is 16.2. The summed E-state index contributed by atoms with van der Waals surface area (Å²) in [6, 6.07) is 15.2. The lowest BCUT2D eigenvalue weighted by Gasteiger charge is -2.08. The second-order valence-corrected chi connectivity index (χ2v) is 4.68. The quantitative estimate of drug-likeness (QED) is 0.797. The van der Waals surface area contributed by atoms with Crippen LogP contribution in [0.25, 0.3) is 5.69 Å². The van der Waals surface area contributed by atoms with Gasteiger partial charge in [-0.3, -0.25) is 9.78 Å². The first kappa shape index (κ1) is 13.1. The zero-order chi connectivity index (χ0) is 14.5. The Kier molecular flexibility index (Phi) is 3.78. The first-order valence-corrected chi connectivity index (χ1v) is 6.73. The summed E-state index contributed by atoms with van der Waals surface area (Å²) in [6.07, 6.45) is 7.36. The molecule has 1 N–H and O–H groups in total. The fourth-order valence-electron chi connectivity index (χ4n) is 2.10.